The van der Waals surface area contributed by atoms with Gasteiger partial charge in [0, 0.05) is 45.0 Å². The van der Waals surface area contributed by atoms with E-state index >= 15 is 0 Å². The van der Waals surface area contributed by atoms with Crippen molar-refractivity contribution in [2.45, 2.75) is 52.4 Å². The number of rotatable bonds is 7. The molecule has 0 N–H and O–H groups in total. The van der Waals surface area contributed by atoms with Crippen LogP contribution in [0.3, 0.4) is 0 Å². The summed E-state index contributed by atoms with van der Waals surface area (Å²) in [6.45, 7) is 13.8. The van der Waals surface area contributed by atoms with Crippen LogP contribution >= 0.6 is 0 Å². The van der Waals surface area contributed by atoms with Crippen molar-refractivity contribution in [3.05, 3.63) is 284 Å². The summed E-state index contributed by atoms with van der Waals surface area (Å²) >= 11 is 0. The third kappa shape index (κ3) is 8.26. The quantitative estimate of drug-likeness (QED) is 0.117. The summed E-state index contributed by atoms with van der Waals surface area (Å²) in [5.41, 5.74) is 24.4. The fourth-order valence-corrected chi connectivity index (χ4v) is 14.1. The van der Waals surface area contributed by atoms with E-state index in [1.807, 2.05) is 0 Å². The van der Waals surface area contributed by atoms with Gasteiger partial charge < -0.3 is 14.2 Å². The molecule has 3 nitrogen and oxygen atoms in total. The van der Waals surface area contributed by atoms with Crippen molar-refractivity contribution in [1.82, 2.24) is 4.57 Å². The lowest BCUT2D eigenvalue weighted by molar-refractivity contribution is 0.483. The van der Waals surface area contributed by atoms with Crippen molar-refractivity contribution in [3.63, 3.8) is 0 Å². The van der Waals surface area contributed by atoms with Crippen molar-refractivity contribution in [2.24, 2.45) is 0 Å². The van der Waals surface area contributed by atoms with Crippen LogP contribution in [-0.2, 0) is 10.8 Å². The molecular weight excluding hydrogens is 1040 g/mol. The fraction of sp³-hybridized carbons (Fsp3) is 0.0976. The molecule has 0 amide bonds. The average Bonchev–Trinajstić information content (AvgIpc) is 0.927. The Hall–Kier alpha value is -10.2. The SMILES string of the molecule is CC(C)(C)c1cc(-c2ccccc2)c(N2c3cc(-c4c5ccccc5c(-c5ccc(-c6ccccc6)cc5)c5ccccc45)ccc3B3c4ccc(-n5c6ccccc6c6ccccc65)cc4Oc4cc(C(C)(C)C)cc2c43)c(-c2ccccc2)c1. The Kier molecular flexibility index (Phi) is 11.8. The largest absolute Gasteiger partial charge is 0.458 e. The highest BCUT2D eigenvalue weighted by molar-refractivity contribution is 6.99. The van der Waals surface area contributed by atoms with Gasteiger partial charge in [0.15, 0.2) is 0 Å². The van der Waals surface area contributed by atoms with Crippen LogP contribution in [0, 0.1) is 0 Å². The molecule has 0 aliphatic carbocycles. The predicted molar refractivity (Wildman–Crippen MR) is 366 cm³/mol. The summed E-state index contributed by atoms with van der Waals surface area (Å²) in [4.78, 5) is 2.65. The van der Waals surface area contributed by atoms with E-state index in [2.05, 4.69) is 324 Å². The minimum atomic E-state index is -0.231. The van der Waals surface area contributed by atoms with Crippen molar-refractivity contribution < 1.29 is 4.74 Å². The van der Waals surface area contributed by atoms with Gasteiger partial charge in [0.25, 0.3) is 6.71 Å². The highest BCUT2D eigenvalue weighted by atomic mass is 16.5. The number of ether oxygens (including phenoxy) is 1. The third-order valence-corrected chi connectivity index (χ3v) is 18.3. The Morgan fingerprint density at radius 2 is 0.756 bits per heavy atom. The molecule has 86 heavy (non-hydrogen) atoms. The van der Waals surface area contributed by atoms with E-state index in [9.17, 15) is 0 Å². The minimum absolute atomic E-state index is 0.150. The van der Waals surface area contributed by atoms with Crippen LogP contribution in [0.25, 0.3) is 105 Å². The summed E-state index contributed by atoms with van der Waals surface area (Å²) in [5.74, 6) is 1.76. The molecule has 14 aromatic rings. The summed E-state index contributed by atoms with van der Waals surface area (Å²) < 4.78 is 9.95. The molecule has 0 fully saturated rings. The molecule has 0 radical (unpaired) electrons. The fourth-order valence-electron chi connectivity index (χ4n) is 14.1. The van der Waals surface area contributed by atoms with Gasteiger partial charge in [-0.25, -0.2) is 0 Å². The lowest BCUT2D eigenvalue weighted by Gasteiger charge is -2.43. The molecule has 410 valence electrons. The van der Waals surface area contributed by atoms with Gasteiger partial charge in [0.05, 0.1) is 16.7 Å². The highest BCUT2D eigenvalue weighted by Crippen LogP contribution is 2.53. The second-order valence-electron chi connectivity index (χ2n) is 25.6. The summed E-state index contributed by atoms with van der Waals surface area (Å²) in [6.07, 6.45) is 0. The van der Waals surface area contributed by atoms with Crippen molar-refractivity contribution in [1.29, 1.82) is 0 Å². The van der Waals surface area contributed by atoms with Crippen LogP contribution in [0.5, 0.6) is 11.5 Å². The molecule has 0 spiro atoms. The van der Waals surface area contributed by atoms with E-state index < -0.39 is 0 Å². The molecule has 16 rings (SSSR count). The first kappa shape index (κ1) is 51.5. The Morgan fingerprint density at radius 3 is 1.29 bits per heavy atom. The second-order valence-corrected chi connectivity index (χ2v) is 25.6. The highest BCUT2D eigenvalue weighted by Gasteiger charge is 2.44. The lowest BCUT2D eigenvalue weighted by Crippen LogP contribution is -2.59. The van der Waals surface area contributed by atoms with Gasteiger partial charge in [-0.1, -0.05) is 260 Å². The summed E-state index contributed by atoms with van der Waals surface area (Å²) in [5, 5.41) is 7.34. The van der Waals surface area contributed by atoms with Gasteiger partial charge in [-0.05, 0) is 153 Å². The monoisotopic (exact) mass is 1100 g/mol. The van der Waals surface area contributed by atoms with E-state index in [0.29, 0.717) is 0 Å². The predicted octanol–water partition coefficient (Wildman–Crippen LogP) is 20.4. The topological polar surface area (TPSA) is 17.4 Å². The van der Waals surface area contributed by atoms with Crippen LogP contribution in [0.15, 0.2) is 273 Å². The zero-order valence-corrected chi connectivity index (χ0v) is 49.4. The van der Waals surface area contributed by atoms with Crippen LogP contribution in [0.4, 0.5) is 17.1 Å². The maximum atomic E-state index is 7.54. The van der Waals surface area contributed by atoms with Crippen LogP contribution < -0.4 is 26.0 Å². The zero-order valence-electron chi connectivity index (χ0n) is 49.4. The summed E-state index contributed by atoms with van der Waals surface area (Å²) in [7, 11) is 0. The van der Waals surface area contributed by atoms with Gasteiger partial charge in [-0.15, -0.1) is 0 Å². The molecule has 0 saturated carbocycles. The van der Waals surface area contributed by atoms with Gasteiger partial charge in [-0.3, -0.25) is 0 Å². The van der Waals surface area contributed by atoms with Crippen molar-refractivity contribution in [3.8, 4) is 72.8 Å². The smallest absolute Gasteiger partial charge is 0.256 e. The van der Waals surface area contributed by atoms with E-state index in [1.54, 1.807) is 0 Å². The molecule has 13 aromatic carbocycles. The van der Waals surface area contributed by atoms with Gasteiger partial charge in [-0.2, -0.15) is 0 Å². The Balaban J connectivity index is 0.998. The summed E-state index contributed by atoms with van der Waals surface area (Å²) in [6, 6.07) is 102. The van der Waals surface area contributed by atoms with E-state index in [0.717, 1.165) is 56.4 Å². The standard InChI is InChI=1S/C82H63BN2O/c1-81(2,3)58-47-67(54-26-12-8-13-27-54)80(68(48-58)55-28-14-9-15-29-55)85-73-46-57(78-65-34-18-16-32-63(65)77(64-33-17-19-35-66(64)78)56-40-38-53(39-41-56)52-24-10-7-11-25-52)42-44-69(73)83-70-45-43-60(84-71-36-22-20-30-61(71)62-31-21-23-37-72(62)84)51-75(70)86-76-50-59(82(4,5)6)49-74(85)79(76)83/h7-51H,1-6H3. The molecule has 3 heterocycles. The maximum absolute atomic E-state index is 7.54. The zero-order chi connectivity index (χ0) is 58.0. The molecule has 0 saturated heterocycles. The normalized spacial score (nSPS) is 12.8. The first-order valence-corrected chi connectivity index (χ1v) is 30.3. The molecule has 4 heteroatoms. The van der Waals surface area contributed by atoms with Crippen molar-refractivity contribution >= 4 is 83.5 Å². The van der Waals surface area contributed by atoms with Crippen LogP contribution in [0.1, 0.15) is 52.7 Å². The molecular formula is C82H63BN2O. The van der Waals surface area contributed by atoms with Crippen molar-refractivity contribution in [2.75, 3.05) is 4.90 Å². The molecule has 2 aliphatic rings. The lowest BCUT2D eigenvalue weighted by atomic mass is 9.34. The first-order valence-electron chi connectivity index (χ1n) is 30.3. The molecule has 0 atom stereocenters. The Labute approximate surface area is 504 Å². The van der Waals surface area contributed by atoms with Gasteiger partial charge in [0.2, 0.25) is 0 Å². The van der Waals surface area contributed by atoms with E-state index in [-0.39, 0.29) is 17.5 Å². The third-order valence-electron chi connectivity index (χ3n) is 18.3. The minimum Gasteiger partial charge on any atom is -0.458 e. The Morgan fingerprint density at radius 1 is 0.326 bits per heavy atom. The molecule has 0 bridgehead atoms. The second kappa shape index (κ2) is 19.7. The first-order chi connectivity index (χ1) is 41.9. The molecule has 2 aliphatic heterocycles. The average molecular weight is 1100 g/mol. The number of anilines is 3. The van der Waals surface area contributed by atoms with Crippen LogP contribution in [0.2, 0.25) is 0 Å². The van der Waals surface area contributed by atoms with Crippen LogP contribution in [-0.4, -0.2) is 11.3 Å². The molecule has 0 unspecified atom stereocenters. The number of nitrogens with zero attached hydrogens (tertiary/aromatic N) is 2. The number of hydrogen-bond acceptors (Lipinski definition) is 2. The number of benzene rings is 13. The Bertz CT molecular complexity index is 4860. The van der Waals surface area contributed by atoms with Gasteiger partial charge in [0.1, 0.15) is 11.5 Å². The van der Waals surface area contributed by atoms with Gasteiger partial charge >= 0.3 is 0 Å². The number of para-hydroxylation sites is 2. The molecule has 1 aromatic heterocycles. The van der Waals surface area contributed by atoms with E-state index in [1.165, 1.54) is 104 Å². The number of hydrogen-bond donors (Lipinski definition) is 0. The number of aromatic nitrogens is 1. The maximum Gasteiger partial charge on any atom is 0.256 e. The number of fused-ring (bicyclic) bond motifs is 9. The van der Waals surface area contributed by atoms with E-state index in [4.69, 9.17) is 4.74 Å².